The molecule has 0 saturated heterocycles. The van der Waals surface area contributed by atoms with Gasteiger partial charge in [0.15, 0.2) is 0 Å². The molecule has 1 aromatic carbocycles. The lowest BCUT2D eigenvalue weighted by molar-refractivity contribution is 0.809. The summed E-state index contributed by atoms with van der Waals surface area (Å²) < 4.78 is 0. The Balaban J connectivity index is 1.89. The second-order valence-electron chi connectivity index (χ2n) is 4.22. The fraction of sp³-hybridized carbons (Fsp3) is 0.231. The lowest BCUT2D eigenvalue weighted by Crippen LogP contribution is -2.21. The van der Waals surface area contributed by atoms with Gasteiger partial charge in [-0.05, 0) is 18.1 Å². The topological polar surface area (TPSA) is 55.0 Å². The zero-order valence-corrected chi connectivity index (χ0v) is 9.50. The van der Waals surface area contributed by atoms with Gasteiger partial charge in [0.2, 0.25) is 0 Å². The van der Waals surface area contributed by atoms with E-state index in [2.05, 4.69) is 20.9 Å². The van der Waals surface area contributed by atoms with E-state index in [-0.39, 0.29) is 0 Å². The summed E-state index contributed by atoms with van der Waals surface area (Å²) in [5, 5.41) is 0. The molecule has 4 nitrogen and oxygen atoms in total. The summed E-state index contributed by atoms with van der Waals surface area (Å²) in [4.78, 5) is 10.7. The Morgan fingerprint density at radius 1 is 1.29 bits per heavy atom. The molecule has 0 saturated carbocycles. The summed E-state index contributed by atoms with van der Waals surface area (Å²) >= 11 is 0. The number of para-hydroxylation sites is 1. The van der Waals surface area contributed by atoms with E-state index in [0.717, 1.165) is 36.6 Å². The highest BCUT2D eigenvalue weighted by Crippen LogP contribution is 2.34. The number of nitrogens with zero attached hydrogens (tertiary/aromatic N) is 3. The predicted octanol–water partition coefficient (Wildman–Crippen LogP) is 1.62. The third kappa shape index (κ3) is 1.82. The average Bonchev–Trinajstić information content (AvgIpc) is 2.75. The Bertz CT molecular complexity index is 524. The van der Waals surface area contributed by atoms with Crippen LogP contribution >= 0.6 is 0 Å². The van der Waals surface area contributed by atoms with Crippen molar-refractivity contribution in [1.82, 2.24) is 9.97 Å². The molecule has 2 N–H and O–H groups in total. The van der Waals surface area contributed by atoms with E-state index in [1.54, 1.807) is 18.6 Å². The highest BCUT2D eigenvalue weighted by molar-refractivity contribution is 5.74. The summed E-state index contributed by atoms with van der Waals surface area (Å²) in [5.74, 6) is 0. The second-order valence-corrected chi connectivity index (χ2v) is 4.22. The van der Waals surface area contributed by atoms with Gasteiger partial charge in [-0.2, -0.15) is 0 Å². The van der Waals surface area contributed by atoms with E-state index in [0.29, 0.717) is 0 Å². The maximum atomic E-state index is 6.04. The molecule has 1 aliphatic heterocycles. The van der Waals surface area contributed by atoms with Gasteiger partial charge in [0.25, 0.3) is 0 Å². The van der Waals surface area contributed by atoms with E-state index in [4.69, 9.17) is 5.73 Å². The molecule has 4 heteroatoms. The molecular weight excluding hydrogens is 212 g/mol. The van der Waals surface area contributed by atoms with Crippen LogP contribution < -0.4 is 10.6 Å². The minimum atomic E-state index is 0.773. The van der Waals surface area contributed by atoms with Gasteiger partial charge in [-0.1, -0.05) is 12.1 Å². The summed E-state index contributed by atoms with van der Waals surface area (Å²) in [6.45, 7) is 1.77. The SMILES string of the molecule is Nc1cccc2c1N(Cc1cnccn1)CC2. The maximum Gasteiger partial charge on any atom is 0.0779 e. The molecule has 0 radical (unpaired) electrons. The van der Waals surface area contributed by atoms with Crippen LogP contribution in [0.2, 0.25) is 0 Å². The first-order valence-corrected chi connectivity index (χ1v) is 5.72. The third-order valence-electron chi connectivity index (χ3n) is 3.09. The third-order valence-corrected chi connectivity index (χ3v) is 3.09. The summed E-state index contributed by atoms with van der Waals surface area (Å²) in [6, 6.07) is 6.11. The van der Waals surface area contributed by atoms with Crippen molar-refractivity contribution in [2.24, 2.45) is 0 Å². The number of hydrogen-bond donors (Lipinski definition) is 1. The quantitative estimate of drug-likeness (QED) is 0.791. The van der Waals surface area contributed by atoms with Gasteiger partial charge >= 0.3 is 0 Å². The van der Waals surface area contributed by atoms with Gasteiger partial charge in [-0.15, -0.1) is 0 Å². The summed E-state index contributed by atoms with van der Waals surface area (Å²) in [5.41, 5.74) is 10.4. The van der Waals surface area contributed by atoms with Crippen LogP contribution in [0.4, 0.5) is 11.4 Å². The van der Waals surface area contributed by atoms with E-state index >= 15 is 0 Å². The molecule has 1 aromatic heterocycles. The molecule has 0 fully saturated rings. The van der Waals surface area contributed by atoms with Gasteiger partial charge in [-0.3, -0.25) is 9.97 Å². The number of benzene rings is 1. The fourth-order valence-corrected chi connectivity index (χ4v) is 2.33. The molecule has 0 bridgehead atoms. The Morgan fingerprint density at radius 3 is 3.06 bits per heavy atom. The highest BCUT2D eigenvalue weighted by atomic mass is 15.2. The average molecular weight is 226 g/mol. The lowest BCUT2D eigenvalue weighted by Gasteiger charge is -2.20. The van der Waals surface area contributed by atoms with Crippen LogP contribution in [-0.2, 0) is 13.0 Å². The van der Waals surface area contributed by atoms with Crippen LogP contribution in [0.15, 0.2) is 36.8 Å². The van der Waals surface area contributed by atoms with Crippen molar-refractivity contribution in [2.75, 3.05) is 17.2 Å². The van der Waals surface area contributed by atoms with E-state index in [1.807, 2.05) is 12.1 Å². The van der Waals surface area contributed by atoms with Gasteiger partial charge in [-0.25, -0.2) is 0 Å². The molecule has 0 unspecified atom stereocenters. The monoisotopic (exact) mass is 226 g/mol. The number of rotatable bonds is 2. The van der Waals surface area contributed by atoms with Crippen LogP contribution in [0.25, 0.3) is 0 Å². The Hall–Kier alpha value is -2.10. The zero-order valence-electron chi connectivity index (χ0n) is 9.50. The minimum absolute atomic E-state index is 0.773. The summed E-state index contributed by atoms with van der Waals surface area (Å²) in [7, 11) is 0. The standard InChI is InChI=1S/C13H14N4/c14-12-3-1-2-10-4-7-17(13(10)12)9-11-8-15-5-6-16-11/h1-3,5-6,8H,4,7,9,14H2. The molecule has 0 amide bonds. The van der Waals surface area contributed by atoms with Crippen molar-refractivity contribution < 1.29 is 0 Å². The van der Waals surface area contributed by atoms with Crippen LogP contribution in [0.5, 0.6) is 0 Å². The first-order chi connectivity index (χ1) is 8.34. The molecule has 0 aliphatic carbocycles. The molecule has 3 rings (SSSR count). The van der Waals surface area contributed by atoms with Gasteiger partial charge < -0.3 is 10.6 Å². The van der Waals surface area contributed by atoms with Crippen LogP contribution in [-0.4, -0.2) is 16.5 Å². The highest BCUT2D eigenvalue weighted by Gasteiger charge is 2.21. The van der Waals surface area contributed by atoms with Crippen LogP contribution in [0.3, 0.4) is 0 Å². The maximum absolute atomic E-state index is 6.04. The van der Waals surface area contributed by atoms with Gasteiger partial charge in [0.1, 0.15) is 0 Å². The number of hydrogen-bond acceptors (Lipinski definition) is 4. The molecule has 0 spiro atoms. The van der Waals surface area contributed by atoms with Crippen molar-refractivity contribution in [3.8, 4) is 0 Å². The largest absolute Gasteiger partial charge is 0.397 e. The summed E-state index contributed by atoms with van der Waals surface area (Å²) in [6.07, 6.45) is 6.27. The van der Waals surface area contributed by atoms with Gasteiger partial charge in [0, 0.05) is 18.9 Å². The lowest BCUT2D eigenvalue weighted by atomic mass is 10.1. The van der Waals surface area contributed by atoms with Crippen molar-refractivity contribution in [2.45, 2.75) is 13.0 Å². The Labute approximate surface area is 100 Å². The molecular formula is C13H14N4. The van der Waals surface area contributed by atoms with Gasteiger partial charge in [0.05, 0.1) is 29.8 Å². The number of fused-ring (bicyclic) bond motifs is 1. The normalized spacial score (nSPS) is 13.8. The first-order valence-electron chi connectivity index (χ1n) is 5.72. The second kappa shape index (κ2) is 4.05. The van der Waals surface area contributed by atoms with Crippen molar-refractivity contribution >= 4 is 11.4 Å². The number of aromatic nitrogens is 2. The minimum Gasteiger partial charge on any atom is -0.397 e. The molecule has 2 heterocycles. The predicted molar refractivity (Wildman–Crippen MR) is 67.6 cm³/mol. The number of nitrogen functional groups attached to an aromatic ring is 1. The van der Waals surface area contributed by atoms with Crippen molar-refractivity contribution in [3.05, 3.63) is 48.0 Å². The molecule has 1 aliphatic rings. The van der Waals surface area contributed by atoms with E-state index in [1.165, 1.54) is 5.56 Å². The molecule has 86 valence electrons. The molecule has 17 heavy (non-hydrogen) atoms. The van der Waals surface area contributed by atoms with Crippen molar-refractivity contribution in [1.29, 1.82) is 0 Å². The first kappa shape index (κ1) is 10.1. The zero-order chi connectivity index (χ0) is 11.7. The van der Waals surface area contributed by atoms with E-state index < -0.39 is 0 Å². The Morgan fingerprint density at radius 2 is 2.24 bits per heavy atom. The smallest absolute Gasteiger partial charge is 0.0779 e. The Kier molecular flexibility index (Phi) is 2.40. The van der Waals surface area contributed by atoms with Crippen LogP contribution in [0.1, 0.15) is 11.3 Å². The number of anilines is 2. The van der Waals surface area contributed by atoms with Crippen molar-refractivity contribution in [3.63, 3.8) is 0 Å². The van der Waals surface area contributed by atoms with Crippen LogP contribution in [0, 0.1) is 0 Å². The van der Waals surface area contributed by atoms with E-state index in [9.17, 15) is 0 Å². The number of nitrogens with two attached hydrogens (primary N) is 1. The fourth-order valence-electron chi connectivity index (χ4n) is 2.33. The molecule has 0 atom stereocenters. The molecule has 2 aromatic rings.